The standard InChI is InChI=1S/C59H115NO4/c1-3-5-7-9-11-13-15-17-19-21-23-25-27-28-29-30-31-32-34-36-38-40-42-44-46-48-50-52-54-58(63)59(64)60-56(55-61)57(62)53-51-49-47-45-43-41-39-37-35-33-26-24-22-20-18-16-14-12-10-8-6-4-2/h23,25,28-29,56-58,61-63H,3-22,24,26-27,30-55H2,1-2H3,(H,60,64)/b25-23-,29-28-. The van der Waals surface area contributed by atoms with Gasteiger partial charge in [0.15, 0.2) is 0 Å². The van der Waals surface area contributed by atoms with Crippen molar-refractivity contribution in [2.75, 3.05) is 6.61 Å². The van der Waals surface area contributed by atoms with Crippen molar-refractivity contribution in [3.8, 4) is 0 Å². The second kappa shape index (κ2) is 54.4. The van der Waals surface area contributed by atoms with Gasteiger partial charge in [0.1, 0.15) is 6.10 Å². The number of amides is 1. The summed E-state index contributed by atoms with van der Waals surface area (Å²) in [4.78, 5) is 12.6. The third-order valence-electron chi connectivity index (χ3n) is 13.8. The quantitative estimate of drug-likeness (QED) is 0.0362. The number of nitrogens with one attached hydrogen (secondary N) is 1. The molecular formula is C59H115NO4. The molecule has 4 N–H and O–H groups in total. The van der Waals surface area contributed by atoms with Gasteiger partial charge in [-0.1, -0.05) is 301 Å². The zero-order valence-electron chi connectivity index (χ0n) is 43.4. The van der Waals surface area contributed by atoms with Gasteiger partial charge in [-0.15, -0.1) is 0 Å². The number of hydrogen-bond acceptors (Lipinski definition) is 4. The lowest BCUT2D eigenvalue weighted by Gasteiger charge is -2.23. The summed E-state index contributed by atoms with van der Waals surface area (Å²) in [7, 11) is 0. The van der Waals surface area contributed by atoms with E-state index >= 15 is 0 Å². The lowest BCUT2D eigenvalue weighted by Crippen LogP contribution is -2.49. The van der Waals surface area contributed by atoms with Gasteiger partial charge in [-0.25, -0.2) is 0 Å². The van der Waals surface area contributed by atoms with E-state index in [4.69, 9.17) is 0 Å². The molecule has 0 radical (unpaired) electrons. The first-order valence-electron chi connectivity index (χ1n) is 29.1. The molecule has 0 bridgehead atoms. The number of aliphatic hydroxyl groups is 3. The first-order valence-corrected chi connectivity index (χ1v) is 29.1. The summed E-state index contributed by atoms with van der Waals surface area (Å²) in [5.41, 5.74) is 0. The van der Waals surface area contributed by atoms with Gasteiger partial charge in [0.05, 0.1) is 18.8 Å². The second-order valence-corrected chi connectivity index (χ2v) is 20.2. The van der Waals surface area contributed by atoms with Crippen molar-refractivity contribution in [1.82, 2.24) is 5.32 Å². The van der Waals surface area contributed by atoms with Crippen LogP contribution in [0.25, 0.3) is 0 Å². The van der Waals surface area contributed by atoms with Crippen LogP contribution in [0.4, 0.5) is 0 Å². The minimum absolute atomic E-state index is 0.311. The van der Waals surface area contributed by atoms with Gasteiger partial charge in [-0.2, -0.15) is 0 Å². The Labute approximate surface area is 401 Å². The van der Waals surface area contributed by atoms with E-state index in [1.54, 1.807) is 0 Å². The monoisotopic (exact) mass is 902 g/mol. The van der Waals surface area contributed by atoms with E-state index in [2.05, 4.69) is 43.5 Å². The van der Waals surface area contributed by atoms with Crippen LogP contribution in [0.15, 0.2) is 24.3 Å². The Morgan fingerprint density at radius 2 is 0.641 bits per heavy atom. The van der Waals surface area contributed by atoms with Crippen LogP contribution in [-0.4, -0.2) is 46.1 Å². The summed E-state index contributed by atoms with van der Waals surface area (Å²) in [5.74, 6) is -0.467. The molecule has 0 heterocycles. The first kappa shape index (κ1) is 62.8. The van der Waals surface area contributed by atoms with Crippen molar-refractivity contribution < 1.29 is 20.1 Å². The maximum absolute atomic E-state index is 12.6. The first-order chi connectivity index (χ1) is 31.6. The molecule has 64 heavy (non-hydrogen) atoms. The average molecular weight is 903 g/mol. The Morgan fingerprint density at radius 3 is 0.938 bits per heavy atom. The Hall–Kier alpha value is -1.17. The van der Waals surface area contributed by atoms with E-state index in [-0.39, 0.29) is 6.61 Å². The third-order valence-corrected chi connectivity index (χ3v) is 13.8. The minimum Gasteiger partial charge on any atom is -0.394 e. The predicted octanol–water partition coefficient (Wildman–Crippen LogP) is 18.1. The van der Waals surface area contributed by atoms with Crippen LogP contribution in [-0.2, 0) is 4.79 Å². The molecule has 0 saturated heterocycles. The van der Waals surface area contributed by atoms with Crippen LogP contribution in [0, 0.1) is 0 Å². The smallest absolute Gasteiger partial charge is 0.249 e. The Kier molecular flexibility index (Phi) is 53.4. The highest BCUT2D eigenvalue weighted by atomic mass is 16.3. The predicted molar refractivity (Wildman–Crippen MR) is 282 cm³/mol. The molecule has 0 rings (SSSR count). The van der Waals surface area contributed by atoms with Gasteiger partial charge >= 0.3 is 0 Å². The van der Waals surface area contributed by atoms with Gasteiger partial charge in [0.2, 0.25) is 5.91 Å². The molecule has 0 fully saturated rings. The highest BCUT2D eigenvalue weighted by molar-refractivity contribution is 5.80. The highest BCUT2D eigenvalue weighted by Gasteiger charge is 2.23. The van der Waals surface area contributed by atoms with E-state index < -0.39 is 24.2 Å². The number of rotatable bonds is 54. The maximum Gasteiger partial charge on any atom is 0.249 e. The van der Waals surface area contributed by atoms with Gasteiger partial charge in [0, 0.05) is 0 Å². The summed E-state index contributed by atoms with van der Waals surface area (Å²) < 4.78 is 0. The Balaban J connectivity index is 3.53. The summed E-state index contributed by atoms with van der Waals surface area (Å²) in [6.07, 6.45) is 69.4. The molecule has 0 aromatic carbocycles. The average Bonchev–Trinajstić information content (AvgIpc) is 3.30. The van der Waals surface area contributed by atoms with Gasteiger partial charge in [-0.05, 0) is 44.9 Å². The van der Waals surface area contributed by atoms with Gasteiger partial charge in [0.25, 0.3) is 0 Å². The molecule has 3 atom stereocenters. The van der Waals surface area contributed by atoms with Crippen molar-refractivity contribution >= 4 is 5.91 Å². The molecule has 0 aliphatic rings. The number of aliphatic hydroxyl groups excluding tert-OH is 3. The molecule has 5 heteroatoms. The lowest BCUT2D eigenvalue weighted by molar-refractivity contribution is -0.131. The number of hydrogen-bond donors (Lipinski definition) is 4. The van der Waals surface area contributed by atoms with Crippen LogP contribution in [0.1, 0.15) is 322 Å². The molecule has 0 aliphatic carbocycles. The van der Waals surface area contributed by atoms with Crippen LogP contribution in [0.2, 0.25) is 0 Å². The van der Waals surface area contributed by atoms with E-state index in [1.165, 1.54) is 257 Å². The third kappa shape index (κ3) is 48.8. The zero-order chi connectivity index (χ0) is 46.5. The summed E-state index contributed by atoms with van der Waals surface area (Å²) >= 11 is 0. The van der Waals surface area contributed by atoms with Crippen LogP contribution < -0.4 is 5.32 Å². The Morgan fingerprint density at radius 1 is 0.375 bits per heavy atom. The molecule has 0 saturated carbocycles. The Bertz CT molecular complexity index is 951. The second-order valence-electron chi connectivity index (χ2n) is 20.2. The number of allylic oxidation sites excluding steroid dienone is 4. The van der Waals surface area contributed by atoms with Crippen molar-refractivity contribution in [2.45, 2.75) is 340 Å². The normalized spacial score (nSPS) is 13.4. The summed E-state index contributed by atoms with van der Waals surface area (Å²) in [6.45, 7) is 4.27. The molecule has 0 spiro atoms. The number of carbonyl (C=O) groups is 1. The van der Waals surface area contributed by atoms with Crippen LogP contribution in [0.3, 0.4) is 0 Å². The summed E-state index contributed by atoms with van der Waals surface area (Å²) in [5, 5.41) is 33.6. The van der Waals surface area contributed by atoms with Gasteiger partial charge < -0.3 is 20.6 Å². The van der Waals surface area contributed by atoms with Crippen molar-refractivity contribution in [3.05, 3.63) is 24.3 Å². The molecule has 0 aromatic heterocycles. The fourth-order valence-electron chi connectivity index (χ4n) is 9.28. The molecule has 5 nitrogen and oxygen atoms in total. The van der Waals surface area contributed by atoms with E-state index in [9.17, 15) is 20.1 Å². The number of carbonyl (C=O) groups excluding carboxylic acids is 1. The topological polar surface area (TPSA) is 89.8 Å². The molecule has 0 aliphatic heterocycles. The van der Waals surface area contributed by atoms with Crippen LogP contribution in [0.5, 0.6) is 0 Å². The SMILES string of the molecule is CCCCCCCCCCC/C=C\C/C=C\CCCCCCCCCCCCCCC(O)C(=O)NC(CO)C(O)CCCCCCCCCCCCCCCCCCCCCCCC. The fraction of sp³-hybridized carbons (Fsp3) is 0.915. The maximum atomic E-state index is 12.6. The van der Waals surface area contributed by atoms with E-state index in [0.717, 1.165) is 38.5 Å². The molecule has 1 amide bonds. The molecule has 380 valence electrons. The number of unbranched alkanes of at least 4 members (excludes halogenated alkanes) is 42. The van der Waals surface area contributed by atoms with Crippen molar-refractivity contribution in [3.63, 3.8) is 0 Å². The molecule has 0 aromatic rings. The van der Waals surface area contributed by atoms with Crippen LogP contribution >= 0.6 is 0 Å². The van der Waals surface area contributed by atoms with Gasteiger partial charge in [-0.3, -0.25) is 4.79 Å². The molecule has 3 unspecified atom stereocenters. The fourth-order valence-corrected chi connectivity index (χ4v) is 9.28. The van der Waals surface area contributed by atoms with Crippen molar-refractivity contribution in [2.24, 2.45) is 0 Å². The lowest BCUT2D eigenvalue weighted by atomic mass is 10.0. The largest absolute Gasteiger partial charge is 0.394 e. The van der Waals surface area contributed by atoms with E-state index in [0.29, 0.717) is 12.8 Å². The minimum atomic E-state index is -1.08. The van der Waals surface area contributed by atoms with Crippen molar-refractivity contribution in [1.29, 1.82) is 0 Å². The van der Waals surface area contributed by atoms with E-state index in [1.807, 2.05) is 0 Å². The molecular weight excluding hydrogens is 787 g/mol. The zero-order valence-corrected chi connectivity index (χ0v) is 43.4. The summed E-state index contributed by atoms with van der Waals surface area (Å²) in [6, 6.07) is -0.712. The highest BCUT2D eigenvalue weighted by Crippen LogP contribution is 2.18.